The molecule has 0 aliphatic carbocycles. The zero-order valence-corrected chi connectivity index (χ0v) is 11.7. The minimum Gasteiger partial charge on any atom is -0.477 e. The molecule has 4 rings (SSSR count). The quantitative estimate of drug-likeness (QED) is 0.746. The molecule has 0 atom stereocenters. The van der Waals surface area contributed by atoms with Gasteiger partial charge in [-0.1, -0.05) is 0 Å². The lowest BCUT2D eigenvalue weighted by Crippen LogP contribution is -2.18. The number of hydrogen-bond donors (Lipinski definition) is 1. The molecule has 0 amide bonds. The van der Waals surface area contributed by atoms with E-state index in [-0.39, 0.29) is 12.4 Å². The van der Waals surface area contributed by atoms with Crippen LogP contribution >= 0.6 is 11.3 Å². The maximum Gasteiger partial charge on any atom is 0.342 e. The Balaban J connectivity index is 2.33. The lowest BCUT2D eigenvalue weighted by Gasteiger charge is -2.09. The van der Waals surface area contributed by atoms with Gasteiger partial charge in [-0.2, -0.15) is 0 Å². The lowest BCUT2D eigenvalue weighted by atomic mass is 10.0. The third-order valence-electron chi connectivity index (χ3n) is 3.63. The number of nitrogens with zero attached hydrogens (tertiary/aromatic N) is 1. The minimum absolute atomic E-state index is 0.101. The molecule has 3 aromatic rings. The number of carboxylic acids is 1. The van der Waals surface area contributed by atoms with Crippen LogP contribution in [0, 0.1) is 6.92 Å². The molecule has 6 nitrogen and oxygen atoms in total. The molecule has 0 spiro atoms. The van der Waals surface area contributed by atoms with E-state index in [0.717, 1.165) is 0 Å². The summed E-state index contributed by atoms with van der Waals surface area (Å²) in [4.78, 5) is 24.5. The summed E-state index contributed by atoms with van der Waals surface area (Å²) in [7, 11) is 0. The predicted molar refractivity (Wildman–Crippen MR) is 76.9 cm³/mol. The second-order valence-electron chi connectivity index (χ2n) is 4.72. The fourth-order valence-electron chi connectivity index (χ4n) is 2.73. The Morgan fingerprint density at radius 3 is 3.00 bits per heavy atom. The van der Waals surface area contributed by atoms with E-state index in [1.807, 2.05) is 0 Å². The Labute approximate surface area is 121 Å². The van der Waals surface area contributed by atoms with Gasteiger partial charge in [0.05, 0.1) is 10.9 Å². The summed E-state index contributed by atoms with van der Waals surface area (Å²) < 4.78 is 12.5. The van der Waals surface area contributed by atoms with E-state index in [9.17, 15) is 14.7 Å². The highest BCUT2D eigenvalue weighted by Gasteiger charge is 2.25. The number of aromatic nitrogens is 1. The largest absolute Gasteiger partial charge is 0.477 e. The van der Waals surface area contributed by atoms with Crippen molar-refractivity contribution in [2.45, 2.75) is 6.92 Å². The Bertz CT molecular complexity index is 985. The molecule has 1 aliphatic rings. The van der Waals surface area contributed by atoms with E-state index in [2.05, 4.69) is 0 Å². The Kier molecular flexibility index (Phi) is 2.32. The molecular formula is C14H9NO5S. The molecule has 1 N–H and O–H groups in total. The van der Waals surface area contributed by atoms with E-state index >= 15 is 0 Å². The van der Waals surface area contributed by atoms with Crippen molar-refractivity contribution >= 4 is 33.0 Å². The first-order valence-corrected chi connectivity index (χ1v) is 7.05. The average Bonchev–Trinajstić information content (AvgIpc) is 3.06. The molecule has 0 unspecified atom stereocenters. The second-order valence-corrected chi connectivity index (χ2v) is 5.61. The average molecular weight is 303 g/mol. The summed E-state index contributed by atoms with van der Waals surface area (Å²) in [5.41, 5.74) is 0.534. The molecule has 21 heavy (non-hydrogen) atoms. The van der Waals surface area contributed by atoms with Crippen LogP contribution in [0.25, 0.3) is 15.7 Å². The van der Waals surface area contributed by atoms with Crippen LogP contribution in [0.4, 0.5) is 0 Å². The van der Waals surface area contributed by atoms with Gasteiger partial charge in [0.2, 0.25) is 12.2 Å². The summed E-state index contributed by atoms with van der Waals surface area (Å²) >= 11 is 1.22. The van der Waals surface area contributed by atoms with Crippen LogP contribution in [-0.2, 0) is 0 Å². The number of carbonyl (C=O) groups is 1. The van der Waals surface area contributed by atoms with Gasteiger partial charge in [0, 0.05) is 23.2 Å². The van der Waals surface area contributed by atoms with Crippen molar-refractivity contribution in [1.82, 2.24) is 4.40 Å². The van der Waals surface area contributed by atoms with E-state index in [0.29, 0.717) is 32.8 Å². The number of hydrogen-bond acceptors (Lipinski definition) is 5. The second kappa shape index (κ2) is 3.98. The first-order valence-electron chi connectivity index (χ1n) is 6.17. The number of benzene rings is 1. The molecule has 0 radical (unpaired) electrons. The number of carboxylic acid groups (broad SMARTS) is 1. The normalized spacial score (nSPS) is 13.2. The fourth-order valence-corrected chi connectivity index (χ4v) is 3.61. The number of aryl methyl sites for hydroxylation is 1. The van der Waals surface area contributed by atoms with E-state index in [4.69, 9.17) is 9.47 Å². The van der Waals surface area contributed by atoms with Crippen LogP contribution < -0.4 is 14.9 Å². The van der Waals surface area contributed by atoms with Crippen LogP contribution in [0.3, 0.4) is 0 Å². The molecule has 106 valence electrons. The Morgan fingerprint density at radius 1 is 1.43 bits per heavy atom. The van der Waals surface area contributed by atoms with Gasteiger partial charge in [0.15, 0.2) is 11.5 Å². The summed E-state index contributed by atoms with van der Waals surface area (Å²) in [5.74, 6) is -0.146. The van der Waals surface area contributed by atoms with Crippen molar-refractivity contribution < 1.29 is 19.4 Å². The number of fused-ring (bicyclic) bond motifs is 4. The van der Waals surface area contributed by atoms with Gasteiger partial charge < -0.3 is 19.0 Å². The van der Waals surface area contributed by atoms with E-state index in [1.165, 1.54) is 11.3 Å². The van der Waals surface area contributed by atoms with Crippen LogP contribution in [0.15, 0.2) is 22.4 Å². The predicted octanol–water partition coefficient (Wildman–Crippen LogP) is 2.25. The summed E-state index contributed by atoms with van der Waals surface area (Å²) in [6.07, 6.45) is 1.75. The highest BCUT2D eigenvalue weighted by Crippen LogP contribution is 2.40. The molecule has 2 aromatic heterocycles. The molecule has 3 heterocycles. The van der Waals surface area contributed by atoms with Crippen molar-refractivity contribution in [1.29, 1.82) is 0 Å². The molecule has 7 heteroatoms. The third-order valence-corrected chi connectivity index (χ3v) is 4.51. The van der Waals surface area contributed by atoms with Crippen molar-refractivity contribution in [3.05, 3.63) is 39.0 Å². The molecule has 0 fully saturated rings. The number of ether oxygens (including phenoxy) is 2. The Morgan fingerprint density at radius 2 is 2.24 bits per heavy atom. The van der Waals surface area contributed by atoms with Crippen molar-refractivity contribution in [3.8, 4) is 11.5 Å². The zero-order chi connectivity index (χ0) is 14.7. The number of rotatable bonds is 1. The minimum atomic E-state index is -1.22. The number of aromatic carboxylic acids is 1. The van der Waals surface area contributed by atoms with E-state index in [1.54, 1.807) is 29.0 Å². The topological polar surface area (TPSA) is 77.2 Å². The van der Waals surface area contributed by atoms with Gasteiger partial charge >= 0.3 is 5.97 Å². The maximum atomic E-state index is 12.6. The van der Waals surface area contributed by atoms with Gasteiger partial charge in [-0.05, 0) is 6.92 Å². The smallest absolute Gasteiger partial charge is 0.342 e. The Hall–Kier alpha value is -2.54. The summed E-state index contributed by atoms with van der Waals surface area (Å²) in [6.45, 7) is 1.84. The molecule has 1 aromatic carbocycles. The summed E-state index contributed by atoms with van der Waals surface area (Å²) in [5, 5.41) is 11.5. The van der Waals surface area contributed by atoms with Crippen molar-refractivity contribution in [3.63, 3.8) is 0 Å². The monoisotopic (exact) mass is 303 g/mol. The highest BCUT2D eigenvalue weighted by molar-refractivity contribution is 7.16. The van der Waals surface area contributed by atoms with Gasteiger partial charge in [-0.3, -0.25) is 4.79 Å². The number of thiazole rings is 1. The zero-order valence-electron chi connectivity index (χ0n) is 10.9. The van der Waals surface area contributed by atoms with Crippen LogP contribution in [0.2, 0.25) is 0 Å². The van der Waals surface area contributed by atoms with Gasteiger partial charge in [-0.25, -0.2) is 4.79 Å². The maximum absolute atomic E-state index is 12.6. The van der Waals surface area contributed by atoms with E-state index < -0.39 is 11.4 Å². The SMILES string of the molecule is Cc1c2c(cc3c1c(=O)c(C(=O)O)c1sccn13)OCO2. The molecule has 0 saturated heterocycles. The van der Waals surface area contributed by atoms with Crippen molar-refractivity contribution in [2.75, 3.05) is 6.79 Å². The molecule has 1 aliphatic heterocycles. The summed E-state index contributed by atoms with van der Waals surface area (Å²) in [6, 6.07) is 1.72. The molecular weight excluding hydrogens is 294 g/mol. The van der Waals surface area contributed by atoms with Gasteiger partial charge in [0.25, 0.3) is 0 Å². The molecule has 0 saturated carbocycles. The van der Waals surface area contributed by atoms with Gasteiger partial charge in [-0.15, -0.1) is 11.3 Å². The van der Waals surface area contributed by atoms with Gasteiger partial charge in [0.1, 0.15) is 10.4 Å². The highest BCUT2D eigenvalue weighted by atomic mass is 32.1. The van der Waals surface area contributed by atoms with Crippen molar-refractivity contribution in [2.24, 2.45) is 0 Å². The first kappa shape index (κ1) is 12.2. The lowest BCUT2D eigenvalue weighted by molar-refractivity contribution is 0.0697. The fraction of sp³-hybridized carbons (Fsp3) is 0.143. The number of pyridine rings is 1. The third kappa shape index (κ3) is 1.46. The standard InChI is InChI=1S/C14H9NO5S/c1-6-9-7(4-8-12(6)20-5-19-8)15-2-3-21-13(15)10(11(9)16)14(17)18/h2-4H,5H2,1H3,(H,17,18). The first-order chi connectivity index (χ1) is 10.1. The van der Waals surface area contributed by atoms with Crippen LogP contribution in [0.1, 0.15) is 15.9 Å². The molecule has 0 bridgehead atoms. The van der Waals surface area contributed by atoms with Crippen LogP contribution in [0.5, 0.6) is 11.5 Å². The van der Waals surface area contributed by atoms with Crippen LogP contribution in [-0.4, -0.2) is 22.3 Å².